The third-order valence-corrected chi connectivity index (χ3v) is 2.29. The zero-order valence-corrected chi connectivity index (χ0v) is 9.79. The molecule has 0 fully saturated rings. The Bertz CT molecular complexity index is 418. The van der Waals surface area contributed by atoms with E-state index in [1.54, 1.807) is 18.2 Å². The fraction of sp³-hybridized carbons (Fsp3) is 0.417. The minimum atomic E-state index is -4.30. The van der Waals surface area contributed by atoms with Crippen LogP contribution in [0.2, 0.25) is 0 Å². The zero-order chi connectivity index (χ0) is 13.8. The quantitative estimate of drug-likeness (QED) is 0.874. The van der Waals surface area contributed by atoms with Gasteiger partial charge in [-0.1, -0.05) is 18.2 Å². The van der Waals surface area contributed by atoms with Crippen LogP contribution in [0.5, 0.6) is 5.75 Å². The Morgan fingerprint density at radius 2 is 2.00 bits per heavy atom. The van der Waals surface area contributed by atoms with Gasteiger partial charge in [0.25, 0.3) is 0 Å². The smallest absolute Gasteiger partial charge is 0.391 e. The molecule has 0 bridgehead atoms. The van der Waals surface area contributed by atoms with Crippen molar-refractivity contribution < 1.29 is 23.1 Å². The molecule has 1 amide bonds. The third kappa shape index (κ3) is 5.07. The number of hydrogen-bond donors (Lipinski definition) is 2. The number of carbonyl (C=O) groups excluding carboxylic acids is 1. The molecule has 0 radical (unpaired) electrons. The van der Waals surface area contributed by atoms with E-state index in [4.69, 9.17) is 0 Å². The summed E-state index contributed by atoms with van der Waals surface area (Å²) in [5.74, 6) is -0.593. The van der Waals surface area contributed by atoms with Gasteiger partial charge in [-0.25, -0.2) is 0 Å². The number of aromatic hydroxyl groups is 1. The summed E-state index contributed by atoms with van der Waals surface area (Å²) in [6.07, 6.45) is -5.52. The molecule has 0 aliphatic carbocycles. The van der Waals surface area contributed by atoms with Crippen molar-refractivity contribution in [2.75, 3.05) is 0 Å². The van der Waals surface area contributed by atoms with E-state index in [9.17, 15) is 23.1 Å². The summed E-state index contributed by atoms with van der Waals surface area (Å²) < 4.78 is 36.2. The maximum Gasteiger partial charge on any atom is 0.391 e. The van der Waals surface area contributed by atoms with Crippen LogP contribution in [-0.2, 0) is 11.2 Å². The van der Waals surface area contributed by atoms with E-state index in [-0.39, 0.29) is 12.2 Å². The van der Waals surface area contributed by atoms with Crippen LogP contribution >= 0.6 is 0 Å². The van der Waals surface area contributed by atoms with Gasteiger partial charge in [-0.2, -0.15) is 13.2 Å². The highest BCUT2D eigenvalue weighted by Gasteiger charge is 2.30. The largest absolute Gasteiger partial charge is 0.508 e. The average molecular weight is 261 g/mol. The first-order chi connectivity index (χ1) is 8.28. The second-order valence-corrected chi connectivity index (χ2v) is 4.09. The lowest BCUT2D eigenvalue weighted by atomic mass is 10.1. The Kier molecular flexibility index (Phi) is 4.58. The maximum atomic E-state index is 12.1. The van der Waals surface area contributed by atoms with Crippen molar-refractivity contribution >= 4 is 5.91 Å². The van der Waals surface area contributed by atoms with Crippen molar-refractivity contribution in [1.82, 2.24) is 5.32 Å². The van der Waals surface area contributed by atoms with E-state index in [2.05, 4.69) is 5.32 Å². The van der Waals surface area contributed by atoms with Crippen molar-refractivity contribution in [1.29, 1.82) is 0 Å². The van der Waals surface area contributed by atoms with Gasteiger partial charge in [0.05, 0.1) is 12.8 Å². The molecule has 2 N–H and O–H groups in total. The highest BCUT2D eigenvalue weighted by atomic mass is 19.4. The zero-order valence-electron chi connectivity index (χ0n) is 9.79. The normalized spacial score (nSPS) is 13.1. The van der Waals surface area contributed by atoms with Crippen molar-refractivity contribution in [3.8, 4) is 5.75 Å². The summed E-state index contributed by atoms with van der Waals surface area (Å²) in [5, 5.41) is 11.7. The Morgan fingerprint density at radius 3 is 2.56 bits per heavy atom. The Labute approximate surface area is 103 Å². The molecule has 1 atom stereocenters. The van der Waals surface area contributed by atoms with Crippen LogP contribution in [-0.4, -0.2) is 23.2 Å². The molecule has 0 aliphatic rings. The topological polar surface area (TPSA) is 49.3 Å². The van der Waals surface area contributed by atoms with E-state index >= 15 is 0 Å². The summed E-state index contributed by atoms with van der Waals surface area (Å²) in [6.45, 7) is 1.29. The molecule has 0 spiro atoms. The van der Waals surface area contributed by atoms with Gasteiger partial charge in [-0.05, 0) is 13.0 Å². The molecule has 18 heavy (non-hydrogen) atoms. The minimum absolute atomic E-state index is 0.0453. The second kappa shape index (κ2) is 5.75. The summed E-state index contributed by atoms with van der Waals surface area (Å²) in [7, 11) is 0. The van der Waals surface area contributed by atoms with Crippen LogP contribution in [0.4, 0.5) is 13.2 Å². The van der Waals surface area contributed by atoms with Crippen LogP contribution in [0.25, 0.3) is 0 Å². The van der Waals surface area contributed by atoms with Gasteiger partial charge < -0.3 is 10.4 Å². The summed E-state index contributed by atoms with van der Waals surface area (Å²) >= 11 is 0. The van der Waals surface area contributed by atoms with Gasteiger partial charge >= 0.3 is 6.18 Å². The van der Waals surface area contributed by atoms with E-state index in [1.165, 1.54) is 13.0 Å². The summed E-state index contributed by atoms with van der Waals surface area (Å²) in [5.41, 5.74) is 0.384. The van der Waals surface area contributed by atoms with Gasteiger partial charge in [0.1, 0.15) is 5.75 Å². The average Bonchev–Trinajstić information content (AvgIpc) is 2.18. The number of alkyl halides is 3. The van der Waals surface area contributed by atoms with Gasteiger partial charge in [0, 0.05) is 11.6 Å². The van der Waals surface area contributed by atoms with Crippen LogP contribution in [0, 0.1) is 0 Å². The van der Waals surface area contributed by atoms with Crippen LogP contribution in [0.15, 0.2) is 24.3 Å². The minimum Gasteiger partial charge on any atom is -0.508 e. The van der Waals surface area contributed by atoms with E-state index < -0.39 is 24.5 Å². The predicted molar refractivity (Wildman–Crippen MR) is 60.1 cm³/mol. The van der Waals surface area contributed by atoms with Gasteiger partial charge in [0.2, 0.25) is 5.91 Å². The van der Waals surface area contributed by atoms with Crippen molar-refractivity contribution in [3.05, 3.63) is 29.8 Å². The lowest BCUT2D eigenvalue weighted by Crippen LogP contribution is -2.36. The molecule has 1 unspecified atom stereocenters. The number of phenolic OH excluding ortho intramolecular Hbond substituents is 1. The maximum absolute atomic E-state index is 12.1. The summed E-state index contributed by atoms with van der Waals surface area (Å²) in [6, 6.07) is 5.22. The predicted octanol–water partition coefficient (Wildman–Crippen LogP) is 2.39. The monoisotopic (exact) mass is 261 g/mol. The van der Waals surface area contributed by atoms with Crippen molar-refractivity contribution in [3.63, 3.8) is 0 Å². The number of para-hydroxylation sites is 1. The molecular weight excluding hydrogens is 247 g/mol. The number of halogens is 3. The third-order valence-electron chi connectivity index (χ3n) is 2.29. The first-order valence-electron chi connectivity index (χ1n) is 5.41. The highest BCUT2D eigenvalue weighted by Crippen LogP contribution is 2.21. The van der Waals surface area contributed by atoms with E-state index in [1.807, 2.05) is 0 Å². The fourth-order valence-electron chi connectivity index (χ4n) is 1.56. The van der Waals surface area contributed by atoms with Gasteiger partial charge in [0.15, 0.2) is 0 Å². The number of phenols is 1. The summed E-state index contributed by atoms with van der Waals surface area (Å²) in [4.78, 5) is 11.5. The molecular formula is C12H14F3NO2. The first-order valence-corrected chi connectivity index (χ1v) is 5.41. The Hall–Kier alpha value is -1.72. The number of nitrogens with one attached hydrogen (secondary N) is 1. The molecule has 6 heteroatoms. The van der Waals surface area contributed by atoms with Gasteiger partial charge in [-0.3, -0.25) is 4.79 Å². The lowest BCUT2D eigenvalue weighted by molar-refractivity contribution is -0.141. The standard InChI is InChI=1S/C12H14F3NO2/c1-8(7-12(13,14)15)16-11(18)6-9-4-2-3-5-10(9)17/h2-5,8,17H,6-7H2,1H3,(H,16,18). The van der Waals surface area contributed by atoms with Crippen LogP contribution in [0.3, 0.4) is 0 Å². The second-order valence-electron chi connectivity index (χ2n) is 4.09. The highest BCUT2D eigenvalue weighted by molar-refractivity contribution is 5.79. The van der Waals surface area contributed by atoms with E-state index in [0.29, 0.717) is 5.56 Å². The van der Waals surface area contributed by atoms with Crippen LogP contribution in [0.1, 0.15) is 18.9 Å². The molecule has 0 aliphatic heterocycles. The van der Waals surface area contributed by atoms with E-state index in [0.717, 1.165) is 0 Å². The molecule has 3 nitrogen and oxygen atoms in total. The molecule has 100 valence electrons. The Morgan fingerprint density at radius 1 is 1.39 bits per heavy atom. The van der Waals surface area contributed by atoms with Crippen molar-refractivity contribution in [2.24, 2.45) is 0 Å². The van der Waals surface area contributed by atoms with Crippen LogP contribution < -0.4 is 5.32 Å². The number of carbonyl (C=O) groups is 1. The number of hydrogen-bond acceptors (Lipinski definition) is 2. The molecule has 1 rings (SSSR count). The first kappa shape index (κ1) is 14.3. The molecule has 0 saturated carbocycles. The fourth-order valence-corrected chi connectivity index (χ4v) is 1.56. The van der Waals surface area contributed by atoms with Crippen molar-refractivity contribution in [2.45, 2.75) is 32.0 Å². The SMILES string of the molecule is CC(CC(F)(F)F)NC(=O)Cc1ccccc1O. The molecule has 0 aromatic heterocycles. The van der Waals surface area contributed by atoms with Gasteiger partial charge in [-0.15, -0.1) is 0 Å². The molecule has 1 aromatic rings. The lowest BCUT2D eigenvalue weighted by Gasteiger charge is -2.15. The Balaban J connectivity index is 2.50. The number of benzene rings is 1. The molecule has 0 heterocycles. The number of rotatable bonds is 4. The molecule has 1 aromatic carbocycles. The molecule has 0 saturated heterocycles. The number of amides is 1.